The third kappa shape index (κ3) is 5.15. The van der Waals surface area contributed by atoms with Crippen molar-refractivity contribution in [3.05, 3.63) is 83.5 Å². The van der Waals surface area contributed by atoms with Crippen LogP contribution in [0.4, 0.5) is 0 Å². The minimum atomic E-state index is -0.129. The van der Waals surface area contributed by atoms with E-state index in [1.54, 1.807) is 35.4 Å². The second-order valence-electron chi connectivity index (χ2n) is 9.23. The molecule has 0 aromatic carbocycles. The predicted molar refractivity (Wildman–Crippen MR) is 140 cm³/mol. The summed E-state index contributed by atoms with van der Waals surface area (Å²) in [4.78, 5) is 29.3. The highest BCUT2D eigenvalue weighted by molar-refractivity contribution is 6.07. The van der Waals surface area contributed by atoms with Gasteiger partial charge in [-0.3, -0.25) is 14.3 Å². The van der Waals surface area contributed by atoms with Crippen molar-refractivity contribution in [2.24, 2.45) is 0 Å². The Morgan fingerprint density at radius 2 is 1.83 bits per heavy atom. The number of nitrogens with one attached hydrogen (secondary N) is 1. The summed E-state index contributed by atoms with van der Waals surface area (Å²) in [5.74, 6) is 0.356. The van der Waals surface area contributed by atoms with Gasteiger partial charge in [-0.25, -0.2) is 15.0 Å². The van der Waals surface area contributed by atoms with Gasteiger partial charge in [0.15, 0.2) is 0 Å². The Hall–Kier alpha value is -3.62. The van der Waals surface area contributed by atoms with Crippen LogP contribution in [-0.2, 0) is 4.74 Å². The van der Waals surface area contributed by atoms with E-state index in [0.717, 1.165) is 36.9 Å². The molecule has 1 amide bonds. The van der Waals surface area contributed by atoms with Crippen LogP contribution in [0.3, 0.4) is 0 Å². The molecule has 1 fully saturated rings. The standard InChI is InChI=1S/C28H32N6O2/c1-20-6-3-4-7-22(9-8-20)24(33-14-16-36-17-15-33)18-32-27(35)23-19-34(28-30-11-5-12-31-28)26-25(23)21(2)10-13-29-26/h5-13,19,24H,3-4,14-18H2,1-2H3,(H,32,35)/b9-8-,20-6-,22-7?. The van der Waals surface area contributed by atoms with Crippen LogP contribution >= 0.6 is 0 Å². The van der Waals surface area contributed by atoms with Gasteiger partial charge in [-0.2, -0.15) is 0 Å². The summed E-state index contributed by atoms with van der Waals surface area (Å²) >= 11 is 0. The first kappa shape index (κ1) is 24.1. The number of hydrogen-bond donors (Lipinski definition) is 1. The number of nitrogens with zero attached hydrogens (tertiary/aromatic N) is 5. The van der Waals surface area contributed by atoms with E-state index >= 15 is 0 Å². The van der Waals surface area contributed by atoms with E-state index < -0.39 is 0 Å². The van der Waals surface area contributed by atoms with E-state index in [-0.39, 0.29) is 11.9 Å². The van der Waals surface area contributed by atoms with Crippen molar-refractivity contribution in [2.45, 2.75) is 32.7 Å². The lowest BCUT2D eigenvalue weighted by molar-refractivity contribution is 0.0242. The predicted octanol–water partition coefficient (Wildman–Crippen LogP) is 3.78. The normalized spacial score (nSPS) is 20.1. The molecule has 36 heavy (non-hydrogen) atoms. The highest BCUT2D eigenvalue weighted by Gasteiger charge is 2.26. The first-order chi connectivity index (χ1) is 17.6. The lowest BCUT2D eigenvalue weighted by Crippen LogP contribution is -2.49. The van der Waals surface area contributed by atoms with Crippen LogP contribution < -0.4 is 5.32 Å². The molecule has 0 spiro atoms. The zero-order chi connectivity index (χ0) is 24.9. The number of amides is 1. The number of allylic oxidation sites excluding steroid dienone is 4. The van der Waals surface area contributed by atoms with Crippen LogP contribution in [0.2, 0.25) is 0 Å². The highest BCUT2D eigenvalue weighted by atomic mass is 16.5. The Morgan fingerprint density at radius 1 is 1.06 bits per heavy atom. The molecule has 8 nitrogen and oxygen atoms in total. The SMILES string of the molecule is CC1=C/CCC=C(C(CNC(=O)c2cn(-c3ncccn3)c3nccc(C)c23)N2CCOCC2)/C=C\1. The van der Waals surface area contributed by atoms with E-state index in [2.05, 4.69) is 56.4 Å². The zero-order valence-corrected chi connectivity index (χ0v) is 20.9. The number of aryl methyl sites for hydroxylation is 1. The number of aromatic nitrogens is 4. The molecule has 1 atom stereocenters. The van der Waals surface area contributed by atoms with Crippen LogP contribution in [0.1, 0.15) is 35.7 Å². The van der Waals surface area contributed by atoms with Gasteiger partial charge in [0.25, 0.3) is 5.91 Å². The minimum Gasteiger partial charge on any atom is -0.379 e. The fraction of sp³-hybridized carbons (Fsp3) is 0.357. The number of rotatable bonds is 6. The van der Waals surface area contributed by atoms with Gasteiger partial charge < -0.3 is 10.1 Å². The molecule has 4 heterocycles. The van der Waals surface area contributed by atoms with Gasteiger partial charge in [0.2, 0.25) is 5.95 Å². The molecule has 1 N–H and O–H groups in total. The van der Waals surface area contributed by atoms with E-state index in [0.29, 0.717) is 36.9 Å². The Kier molecular flexibility index (Phi) is 7.34. The Balaban J connectivity index is 1.44. The maximum Gasteiger partial charge on any atom is 0.253 e. The Labute approximate surface area is 211 Å². The summed E-state index contributed by atoms with van der Waals surface area (Å²) in [5, 5.41) is 4.05. The van der Waals surface area contributed by atoms with Gasteiger partial charge >= 0.3 is 0 Å². The number of pyridine rings is 1. The summed E-state index contributed by atoms with van der Waals surface area (Å²) in [5.41, 5.74) is 4.73. The third-order valence-corrected chi connectivity index (χ3v) is 6.79. The van der Waals surface area contributed by atoms with Crippen molar-refractivity contribution in [3.63, 3.8) is 0 Å². The van der Waals surface area contributed by atoms with Crippen LogP contribution in [0.5, 0.6) is 0 Å². The number of hydrogen-bond acceptors (Lipinski definition) is 6. The molecule has 1 aliphatic heterocycles. The van der Waals surface area contributed by atoms with E-state index in [1.807, 2.05) is 13.0 Å². The molecule has 0 saturated carbocycles. The van der Waals surface area contributed by atoms with Crippen molar-refractivity contribution in [3.8, 4) is 5.95 Å². The van der Waals surface area contributed by atoms with Crippen LogP contribution in [0.15, 0.2) is 72.4 Å². The molecule has 8 heteroatoms. The molecular weight excluding hydrogens is 452 g/mol. The number of carbonyl (C=O) groups is 1. The number of fused-ring (bicyclic) bond motifs is 1. The van der Waals surface area contributed by atoms with E-state index in [4.69, 9.17) is 4.74 Å². The highest BCUT2D eigenvalue weighted by Crippen LogP contribution is 2.25. The summed E-state index contributed by atoms with van der Waals surface area (Å²) in [6.45, 7) is 7.72. The van der Waals surface area contributed by atoms with Gasteiger partial charge in [0, 0.05) is 49.8 Å². The number of morpholine rings is 1. The molecule has 0 radical (unpaired) electrons. The third-order valence-electron chi connectivity index (χ3n) is 6.79. The second-order valence-corrected chi connectivity index (χ2v) is 9.23. The lowest BCUT2D eigenvalue weighted by Gasteiger charge is -2.35. The molecule has 3 aromatic heterocycles. The molecule has 186 valence electrons. The van der Waals surface area contributed by atoms with Gasteiger partial charge in [-0.1, -0.05) is 29.9 Å². The Bertz CT molecular complexity index is 1320. The number of ether oxygens (including phenoxy) is 1. The molecule has 1 aliphatic carbocycles. The molecule has 1 saturated heterocycles. The van der Waals surface area contributed by atoms with Crippen molar-refractivity contribution in [1.29, 1.82) is 0 Å². The van der Waals surface area contributed by atoms with Crippen molar-refractivity contribution < 1.29 is 9.53 Å². The van der Waals surface area contributed by atoms with Gasteiger partial charge in [0.1, 0.15) is 5.65 Å². The summed E-state index contributed by atoms with van der Waals surface area (Å²) < 4.78 is 7.39. The summed E-state index contributed by atoms with van der Waals surface area (Å²) in [7, 11) is 0. The van der Waals surface area contributed by atoms with Crippen molar-refractivity contribution in [2.75, 3.05) is 32.8 Å². The first-order valence-electron chi connectivity index (χ1n) is 12.5. The van der Waals surface area contributed by atoms with Crippen LogP contribution in [0, 0.1) is 6.92 Å². The van der Waals surface area contributed by atoms with E-state index in [9.17, 15) is 4.79 Å². The quantitative estimate of drug-likeness (QED) is 0.573. The second kappa shape index (κ2) is 11.0. The smallest absolute Gasteiger partial charge is 0.253 e. The van der Waals surface area contributed by atoms with Crippen LogP contribution in [-0.4, -0.2) is 69.2 Å². The topological polar surface area (TPSA) is 85.2 Å². The summed E-state index contributed by atoms with van der Waals surface area (Å²) in [6.07, 6.45) is 17.9. The fourth-order valence-corrected chi connectivity index (χ4v) is 4.86. The maximum atomic E-state index is 13.6. The summed E-state index contributed by atoms with van der Waals surface area (Å²) in [6, 6.07) is 3.76. The molecule has 3 aromatic rings. The molecular formula is C28H32N6O2. The van der Waals surface area contributed by atoms with Gasteiger partial charge in [0.05, 0.1) is 24.8 Å². The van der Waals surface area contributed by atoms with E-state index in [1.165, 1.54) is 11.1 Å². The molecule has 0 bridgehead atoms. The minimum absolute atomic E-state index is 0.0741. The maximum absolute atomic E-state index is 13.6. The largest absolute Gasteiger partial charge is 0.379 e. The van der Waals surface area contributed by atoms with Gasteiger partial charge in [-0.05, 0) is 50.0 Å². The van der Waals surface area contributed by atoms with Crippen molar-refractivity contribution in [1.82, 2.24) is 29.7 Å². The fourth-order valence-electron chi connectivity index (χ4n) is 4.86. The Morgan fingerprint density at radius 3 is 2.64 bits per heavy atom. The van der Waals surface area contributed by atoms with Gasteiger partial charge in [-0.15, -0.1) is 0 Å². The number of carbonyl (C=O) groups excluding carboxylic acids is 1. The van der Waals surface area contributed by atoms with Crippen molar-refractivity contribution >= 4 is 16.9 Å². The molecule has 2 aliphatic rings. The first-order valence-corrected chi connectivity index (χ1v) is 12.5. The molecule has 5 rings (SSSR count). The average molecular weight is 485 g/mol. The monoisotopic (exact) mass is 484 g/mol. The zero-order valence-electron chi connectivity index (χ0n) is 20.9. The molecule has 1 unspecified atom stereocenters. The lowest BCUT2D eigenvalue weighted by atomic mass is 9.98. The average Bonchev–Trinajstić information content (AvgIpc) is 3.30. The van der Waals surface area contributed by atoms with Crippen LogP contribution in [0.25, 0.3) is 17.0 Å².